The van der Waals surface area contributed by atoms with Gasteiger partial charge in [0.05, 0.1) is 6.54 Å². The lowest BCUT2D eigenvalue weighted by Gasteiger charge is -2.22. The van der Waals surface area contributed by atoms with Gasteiger partial charge in [-0.05, 0) is 24.3 Å². The molecule has 1 aliphatic rings. The Morgan fingerprint density at radius 3 is 2.67 bits per heavy atom. The molecule has 3 aromatic heterocycles. The van der Waals surface area contributed by atoms with E-state index in [0.29, 0.717) is 41.9 Å². The van der Waals surface area contributed by atoms with Crippen LogP contribution in [0.1, 0.15) is 16.3 Å². The van der Waals surface area contributed by atoms with Crippen LogP contribution in [-0.4, -0.2) is 53.9 Å². The average Bonchev–Trinajstić information content (AvgIpc) is 3.41. The second kappa shape index (κ2) is 7.43. The molecule has 30 heavy (non-hydrogen) atoms. The van der Waals surface area contributed by atoms with Crippen LogP contribution in [0.15, 0.2) is 60.8 Å². The maximum atomic E-state index is 12.5. The molecule has 0 fully saturated rings. The highest BCUT2D eigenvalue weighted by molar-refractivity contribution is 5.94. The summed E-state index contributed by atoms with van der Waals surface area (Å²) in [4.78, 5) is 23.2. The Balaban J connectivity index is 1.53. The molecule has 1 aromatic carbocycles. The number of nitrogens with zero attached hydrogens (tertiary/aromatic N) is 7. The summed E-state index contributed by atoms with van der Waals surface area (Å²) in [6.07, 6.45) is 1.69. The Morgan fingerprint density at radius 2 is 1.87 bits per heavy atom. The number of carbonyl (C=O) groups is 1. The second-order valence-electron chi connectivity index (χ2n) is 6.92. The van der Waals surface area contributed by atoms with Crippen molar-refractivity contribution in [1.29, 1.82) is 0 Å². The van der Waals surface area contributed by atoms with E-state index >= 15 is 0 Å². The zero-order valence-electron chi connectivity index (χ0n) is 16.3. The molecule has 0 unspecified atom stereocenters. The smallest absolute Gasteiger partial charge is 0.271 e. The quantitative estimate of drug-likeness (QED) is 0.509. The molecular formula is C21H19N7O2. The standard InChI is InChI=1S/C21H19N7O2/c1-26-11-12-27-17(21(26)29)13-16(24-27)20-23-18(14-30-15-7-3-2-4-8-15)25-28(20)19-9-5-6-10-22-19/h2-10,13H,11-12,14H2,1H3. The van der Waals surface area contributed by atoms with Crippen molar-refractivity contribution in [2.75, 3.05) is 13.6 Å². The van der Waals surface area contributed by atoms with Crippen molar-refractivity contribution in [3.63, 3.8) is 0 Å². The molecule has 0 spiro atoms. The van der Waals surface area contributed by atoms with E-state index in [1.807, 2.05) is 48.5 Å². The van der Waals surface area contributed by atoms with Crippen LogP contribution in [0, 0.1) is 0 Å². The topological polar surface area (TPSA) is 91.0 Å². The number of para-hydroxylation sites is 1. The largest absolute Gasteiger partial charge is 0.486 e. The number of likely N-dealkylation sites (N-methyl/N-ethyl adjacent to an activating group) is 1. The maximum absolute atomic E-state index is 12.5. The van der Waals surface area contributed by atoms with Gasteiger partial charge in [0.15, 0.2) is 17.5 Å². The summed E-state index contributed by atoms with van der Waals surface area (Å²) >= 11 is 0. The molecule has 9 nitrogen and oxygen atoms in total. The van der Waals surface area contributed by atoms with Crippen LogP contribution >= 0.6 is 0 Å². The zero-order valence-corrected chi connectivity index (χ0v) is 16.3. The van der Waals surface area contributed by atoms with E-state index in [0.717, 1.165) is 5.75 Å². The van der Waals surface area contributed by atoms with Gasteiger partial charge >= 0.3 is 0 Å². The average molecular weight is 401 g/mol. The lowest BCUT2D eigenvalue weighted by Crippen LogP contribution is -2.37. The van der Waals surface area contributed by atoms with Crippen molar-refractivity contribution >= 4 is 5.91 Å². The Kier molecular flexibility index (Phi) is 4.47. The zero-order chi connectivity index (χ0) is 20.5. The minimum Gasteiger partial charge on any atom is -0.486 e. The van der Waals surface area contributed by atoms with Gasteiger partial charge in [0, 0.05) is 25.9 Å². The minimum absolute atomic E-state index is 0.0588. The van der Waals surface area contributed by atoms with Crippen molar-refractivity contribution in [2.45, 2.75) is 13.2 Å². The van der Waals surface area contributed by atoms with Crippen LogP contribution in [0.25, 0.3) is 17.3 Å². The van der Waals surface area contributed by atoms with Gasteiger partial charge in [0.25, 0.3) is 5.91 Å². The van der Waals surface area contributed by atoms with E-state index < -0.39 is 0 Å². The number of pyridine rings is 1. The molecule has 0 aliphatic carbocycles. The highest BCUT2D eigenvalue weighted by Gasteiger charge is 2.26. The summed E-state index contributed by atoms with van der Waals surface area (Å²) < 4.78 is 9.15. The molecule has 0 bridgehead atoms. The first-order chi connectivity index (χ1) is 14.7. The number of amides is 1. The van der Waals surface area contributed by atoms with E-state index in [9.17, 15) is 4.79 Å². The van der Waals surface area contributed by atoms with E-state index in [1.54, 1.807) is 33.6 Å². The summed E-state index contributed by atoms with van der Waals surface area (Å²) in [5.74, 6) is 2.29. The van der Waals surface area contributed by atoms with Crippen molar-refractivity contribution in [1.82, 2.24) is 34.4 Å². The molecular weight excluding hydrogens is 382 g/mol. The Morgan fingerprint density at radius 1 is 1.03 bits per heavy atom. The van der Waals surface area contributed by atoms with Gasteiger partial charge in [-0.3, -0.25) is 9.48 Å². The first-order valence-corrected chi connectivity index (χ1v) is 9.58. The van der Waals surface area contributed by atoms with Crippen LogP contribution in [0.4, 0.5) is 0 Å². The number of rotatable bonds is 5. The lowest BCUT2D eigenvalue weighted by molar-refractivity contribution is 0.0743. The van der Waals surface area contributed by atoms with Gasteiger partial charge < -0.3 is 9.64 Å². The summed E-state index contributed by atoms with van der Waals surface area (Å²) in [5.41, 5.74) is 1.11. The molecule has 4 heterocycles. The Labute approximate surface area is 172 Å². The number of fused-ring (bicyclic) bond motifs is 1. The normalized spacial score (nSPS) is 13.4. The molecule has 1 aliphatic heterocycles. The van der Waals surface area contributed by atoms with E-state index in [-0.39, 0.29) is 12.5 Å². The van der Waals surface area contributed by atoms with Gasteiger partial charge in [0.1, 0.15) is 23.7 Å². The molecule has 5 rings (SSSR count). The highest BCUT2D eigenvalue weighted by Crippen LogP contribution is 2.23. The van der Waals surface area contributed by atoms with Crippen molar-refractivity contribution in [3.8, 4) is 23.1 Å². The van der Waals surface area contributed by atoms with Crippen LogP contribution in [0.2, 0.25) is 0 Å². The van der Waals surface area contributed by atoms with Crippen molar-refractivity contribution < 1.29 is 9.53 Å². The van der Waals surface area contributed by atoms with E-state index in [2.05, 4.69) is 20.2 Å². The second-order valence-corrected chi connectivity index (χ2v) is 6.92. The fourth-order valence-electron chi connectivity index (χ4n) is 3.30. The molecule has 4 aromatic rings. The minimum atomic E-state index is -0.0588. The molecule has 0 N–H and O–H groups in total. The number of hydrogen-bond acceptors (Lipinski definition) is 6. The molecule has 0 saturated carbocycles. The molecule has 1 amide bonds. The van der Waals surface area contributed by atoms with Crippen LogP contribution in [0.3, 0.4) is 0 Å². The van der Waals surface area contributed by atoms with Crippen LogP contribution in [0.5, 0.6) is 5.75 Å². The first-order valence-electron chi connectivity index (χ1n) is 9.58. The summed E-state index contributed by atoms with van der Waals surface area (Å²) in [6, 6.07) is 16.8. The number of ether oxygens (including phenoxy) is 1. The summed E-state index contributed by atoms with van der Waals surface area (Å²) in [7, 11) is 1.79. The van der Waals surface area contributed by atoms with E-state index in [1.165, 1.54) is 0 Å². The third-order valence-corrected chi connectivity index (χ3v) is 4.85. The van der Waals surface area contributed by atoms with Gasteiger partial charge in [0.2, 0.25) is 0 Å². The van der Waals surface area contributed by atoms with E-state index in [4.69, 9.17) is 4.74 Å². The number of benzene rings is 1. The SMILES string of the molecule is CN1CCn2nc(-c3nc(COc4ccccc4)nn3-c3ccccn3)cc2C1=O. The lowest BCUT2D eigenvalue weighted by atomic mass is 10.2. The van der Waals surface area contributed by atoms with Crippen LogP contribution in [-0.2, 0) is 13.2 Å². The third-order valence-electron chi connectivity index (χ3n) is 4.85. The Hall–Kier alpha value is -4.01. The van der Waals surface area contributed by atoms with Gasteiger partial charge in [-0.15, -0.1) is 5.10 Å². The van der Waals surface area contributed by atoms with Crippen molar-refractivity contribution in [3.05, 3.63) is 72.3 Å². The molecule has 9 heteroatoms. The molecule has 0 radical (unpaired) electrons. The van der Waals surface area contributed by atoms with Crippen LogP contribution < -0.4 is 4.74 Å². The number of aromatic nitrogens is 6. The number of carbonyl (C=O) groups excluding carboxylic acids is 1. The van der Waals surface area contributed by atoms with Crippen molar-refractivity contribution in [2.24, 2.45) is 0 Å². The highest BCUT2D eigenvalue weighted by atomic mass is 16.5. The van der Waals surface area contributed by atoms with Gasteiger partial charge in [-0.1, -0.05) is 24.3 Å². The molecule has 0 saturated heterocycles. The maximum Gasteiger partial charge on any atom is 0.271 e. The molecule has 150 valence electrons. The fourth-order valence-corrected chi connectivity index (χ4v) is 3.30. The predicted molar refractivity (Wildman–Crippen MR) is 108 cm³/mol. The monoisotopic (exact) mass is 401 g/mol. The first kappa shape index (κ1) is 18.0. The molecule has 0 atom stereocenters. The summed E-state index contributed by atoms with van der Waals surface area (Å²) in [5, 5.41) is 9.19. The fraction of sp³-hybridized carbons (Fsp3) is 0.190. The Bertz CT molecular complexity index is 1180. The number of hydrogen-bond donors (Lipinski definition) is 0. The van der Waals surface area contributed by atoms with Gasteiger partial charge in [-0.25, -0.2) is 9.97 Å². The third kappa shape index (κ3) is 3.30. The predicted octanol–water partition coefficient (Wildman–Crippen LogP) is 2.19. The summed E-state index contributed by atoms with van der Waals surface area (Å²) in [6.45, 7) is 1.46. The van der Waals surface area contributed by atoms with Gasteiger partial charge in [-0.2, -0.15) is 9.78 Å².